The quantitative estimate of drug-likeness (QED) is 0.727. The second-order valence-corrected chi connectivity index (χ2v) is 6.09. The number of H-pyrrole nitrogens is 1. The zero-order chi connectivity index (χ0) is 19.6. The van der Waals surface area contributed by atoms with Crippen molar-refractivity contribution in [3.05, 3.63) is 47.5 Å². The minimum atomic E-state index is -4.63. The van der Waals surface area contributed by atoms with E-state index in [0.29, 0.717) is 11.6 Å². The van der Waals surface area contributed by atoms with Crippen molar-refractivity contribution in [1.29, 1.82) is 0 Å². The zero-order valence-corrected chi connectivity index (χ0v) is 13.9. The number of aromatic amines is 1. The van der Waals surface area contributed by atoms with Crippen LogP contribution in [0.15, 0.2) is 30.6 Å². The number of halogens is 3. The number of aliphatic hydroxyl groups is 1. The summed E-state index contributed by atoms with van der Waals surface area (Å²) < 4.78 is 37.8. The first-order valence-corrected chi connectivity index (χ1v) is 8.06. The number of hydrogen-bond acceptors (Lipinski definition) is 5. The van der Waals surface area contributed by atoms with Crippen molar-refractivity contribution >= 4 is 11.8 Å². The maximum absolute atomic E-state index is 12.6. The first-order chi connectivity index (χ1) is 12.8. The molecule has 0 aliphatic carbocycles. The van der Waals surface area contributed by atoms with Gasteiger partial charge in [-0.25, -0.2) is 0 Å². The van der Waals surface area contributed by atoms with E-state index in [1.54, 1.807) is 5.10 Å². The lowest BCUT2D eigenvalue weighted by molar-refractivity contribution is -0.141. The second-order valence-electron chi connectivity index (χ2n) is 6.09. The minimum Gasteiger partial charge on any atom is -0.389 e. The molecule has 0 bridgehead atoms. The molecule has 3 heterocycles. The van der Waals surface area contributed by atoms with Crippen LogP contribution >= 0.6 is 0 Å². The van der Waals surface area contributed by atoms with Crippen LogP contribution in [0.3, 0.4) is 0 Å². The maximum Gasteiger partial charge on any atom is 0.432 e. The number of rotatable bonds is 3. The average Bonchev–Trinajstić information content (AvgIpc) is 3.14. The fraction of sp³-hybridized carbons (Fsp3) is 0.375. The van der Waals surface area contributed by atoms with E-state index >= 15 is 0 Å². The molecule has 1 fully saturated rings. The Labute approximate surface area is 151 Å². The summed E-state index contributed by atoms with van der Waals surface area (Å²) in [5.41, 5.74) is -1.12. The smallest absolute Gasteiger partial charge is 0.389 e. The predicted octanol–water partition coefficient (Wildman–Crippen LogP) is 0.829. The third-order valence-corrected chi connectivity index (χ3v) is 4.23. The molecule has 3 N–H and O–H groups in total. The standard InChI is InChI=1S/C16H16F3N5O3/c17-16(18,19)13-7-11(22-23-13)15(27)24-6-3-10(12(25)8-24)21-14(26)9-1-4-20-5-2-9/h1-2,4-5,7,10,12,25H,3,6,8H2,(H,21,26)(H,22,23)/t10-,12-/m1/s1. The summed E-state index contributed by atoms with van der Waals surface area (Å²) in [4.78, 5) is 29.5. The van der Waals surface area contributed by atoms with Gasteiger partial charge in [-0.2, -0.15) is 18.3 Å². The van der Waals surface area contributed by atoms with Crippen LogP contribution in [0, 0.1) is 0 Å². The number of nitrogens with zero attached hydrogens (tertiary/aromatic N) is 3. The largest absolute Gasteiger partial charge is 0.432 e. The maximum atomic E-state index is 12.6. The highest BCUT2D eigenvalue weighted by atomic mass is 19.4. The molecule has 3 rings (SSSR count). The van der Waals surface area contributed by atoms with Gasteiger partial charge in [0.25, 0.3) is 11.8 Å². The van der Waals surface area contributed by atoms with Crippen LogP contribution in [0.4, 0.5) is 13.2 Å². The number of piperidine rings is 1. The van der Waals surface area contributed by atoms with Crippen LogP contribution in [0.5, 0.6) is 0 Å². The Kier molecular flexibility index (Phi) is 5.13. The van der Waals surface area contributed by atoms with Gasteiger partial charge >= 0.3 is 6.18 Å². The number of nitrogens with one attached hydrogen (secondary N) is 2. The number of aromatic nitrogens is 3. The summed E-state index contributed by atoms with van der Waals surface area (Å²) in [7, 11) is 0. The molecule has 0 spiro atoms. The monoisotopic (exact) mass is 383 g/mol. The lowest BCUT2D eigenvalue weighted by Crippen LogP contribution is -2.55. The second kappa shape index (κ2) is 7.35. The molecule has 1 aliphatic rings. The van der Waals surface area contributed by atoms with Crippen LogP contribution in [-0.2, 0) is 6.18 Å². The molecule has 11 heteroatoms. The molecule has 2 aromatic rings. The van der Waals surface area contributed by atoms with Gasteiger partial charge in [-0.15, -0.1) is 0 Å². The molecule has 1 saturated heterocycles. The number of amides is 2. The van der Waals surface area contributed by atoms with Gasteiger partial charge in [0.15, 0.2) is 5.69 Å². The van der Waals surface area contributed by atoms with E-state index in [0.717, 1.165) is 0 Å². The molecule has 2 atom stereocenters. The summed E-state index contributed by atoms with van der Waals surface area (Å²) in [6.45, 7) is 0.0275. The lowest BCUT2D eigenvalue weighted by atomic mass is 10.0. The third kappa shape index (κ3) is 4.25. The van der Waals surface area contributed by atoms with E-state index in [4.69, 9.17) is 0 Å². The highest BCUT2D eigenvalue weighted by molar-refractivity contribution is 5.94. The Bertz CT molecular complexity index is 824. The van der Waals surface area contributed by atoms with Crippen LogP contribution in [0.25, 0.3) is 0 Å². The molecule has 0 radical (unpaired) electrons. The van der Waals surface area contributed by atoms with Crippen molar-refractivity contribution in [3.63, 3.8) is 0 Å². The van der Waals surface area contributed by atoms with Crippen LogP contribution in [0.1, 0.15) is 33.0 Å². The van der Waals surface area contributed by atoms with Crippen molar-refractivity contribution in [2.75, 3.05) is 13.1 Å². The lowest BCUT2D eigenvalue weighted by Gasteiger charge is -2.35. The number of β-amino-alcohol motifs (C(OH)–C–C–N with tert-alkyl or cyclic N) is 1. The van der Waals surface area contributed by atoms with E-state index in [1.807, 2.05) is 0 Å². The number of alkyl halides is 3. The highest BCUT2D eigenvalue weighted by Gasteiger charge is 2.36. The summed E-state index contributed by atoms with van der Waals surface area (Å²) in [5, 5.41) is 18.1. The van der Waals surface area contributed by atoms with Crippen molar-refractivity contribution in [2.45, 2.75) is 24.7 Å². The first kappa shape index (κ1) is 18.8. The van der Waals surface area contributed by atoms with Gasteiger partial charge in [0.1, 0.15) is 5.69 Å². The highest BCUT2D eigenvalue weighted by Crippen LogP contribution is 2.28. The van der Waals surface area contributed by atoms with Gasteiger partial charge in [0, 0.05) is 37.1 Å². The van der Waals surface area contributed by atoms with E-state index in [1.165, 1.54) is 29.4 Å². The molecule has 8 nitrogen and oxygen atoms in total. The average molecular weight is 383 g/mol. The van der Waals surface area contributed by atoms with Crippen molar-refractivity contribution in [1.82, 2.24) is 25.4 Å². The van der Waals surface area contributed by atoms with Gasteiger partial charge in [0.2, 0.25) is 0 Å². The van der Waals surface area contributed by atoms with Crippen LogP contribution in [-0.4, -0.2) is 62.2 Å². The molecule has 0 unspecified atom stereocenters. The van der Waals surface area contributed by atoms with Crippen molar-refractivity contribution < 1.29 is 27.9 Å². The van der Waals surface area contributed by atoms with Crippen LogP contribution in [0.2, 0.25) is 0 Å². The van der Waals surface area contributed by atoms with Gasteiger partial charge in [-0.1, -0.05) is 0 Å². The number of carbonyl (C=O) groups excluding carboxylic acids is 2. The SMILES string of the molecule is O=C(N[C@@H]1CCN(C(=O)c2cc(C(F)(F)F)[nH]n2)C[C@H]1O)c1ccncc1. The van der Waals surface area contributed by atoms with Gasteiger partial charge in [0.05, 0.1) is 12.1 Å². The van der Waals surface area contributed by atoms with Crippen molar-refractivity contribution in [3.8, 4) is 0 Å². The van der Waals surface area contributed by atoms with Gasteiger partial charge < -0.3 is 15.3 Å². The van der Waals surface area contributed by atoms with E-state index in [2.05, 4.69) is 15.4 Å². The number of hydrogen-bond donors (Lipinski definition) is 3. The molecule has 0 saturated carbocycles. The molecule has 2 amide bonds. The Balaban J connectivity index is 1.60. The first-order valence-electron chi connectivity index (χ1n) is 8.06. The van der Waals surface area contributed by atoms with Gasteiger partial charge in [-0.05, 0) is 18.6 Å². The molecule has 2 aromatic heterocycles. The Morgan fingerprint density at radius 2 is 2.00 bits per heavy atom. The molecule has 0 aromatic carbocycles. The van der Waals surface area contributed by atoms with E-state index in [9.17, 15) is 27.9 Å². The minimum absolute atomic E-state index is 0.131. The molecular weight excluding hydrogens is 367 g/mol. The molecule has 1 aliphatic heterocycles. The third-order valence-electron chi connectivity index (χ3n) is 4.23. The summed E-state index contributed by atoms with van der Waals surface area (Å²) in [6, 6.07) is 3.10. The van der Waals surface area contributed by atoms with Crippen molar-refractivity contribution in [2.24, 2.45) is 0 Å². The summed E-state index contributed by atoms with van der Waals surface area (Å²) in [6.07, 6.45) is -2.51. The van der Waals surface area contributed by atoms with Gasteiger partial charge in [-0.3, -0.25) is 19.7 Å². The zero-order valence-electron chi connectivity index (χ0n) is 13.9. The number of likely N-dealkylation sites (tertiary alicyclic amines) is 1. The van der Waals surface area contributed by atoms with E-state index in [-0.39, 0.29) is 31.1 Å². The Morgan fingerprint density at radius 1 is 1.30 bits per heavy atom. The fourth-order valence-corrected chi connectivity index (χ4v) is 2.78. The molecule has 27 heavy (non-hydrogen) atoms. The van der Waals surface area contributed by atoms with E-state index < -0.39 is 29.9 Å². The molecular formula is C16H16F3N5O3. The summed E-state index contributed by atoms with van der Waals surface area (Å²) in [5.74, 6) is -1.11. The molecule has 144 valence electrons. The number of carbonyl (C=O) groups is 2. The Morgan fingerprint density at radius 3 is 2.59 bits per heavy atom. The summed E-state index contributed by atoms with van der Waals surface area (Å²) >= 11 is 0. The Hall–Kier alpha value is -2.95. The topological polar surface area (TPSA) is 111 Å². The normalized spacial score (nSPS) is 20.4. The predicted molar refractivity (Wildman–Crippen MR) is 85.6 cm³/mol. The number of aliphatic hydroxyl groups excluding tert-OH is 1. The number of pyridine rings is 1. The fourth-order valence-electron chi connectivity index (χ4n) is 2.78. The van der Waals surface area contributed by atoms with Crippen LogP contribution < -0.4 is 5.32 Å².